The van der Waals surface area contributed by atoms with Crippen LogP contribution in [-0.2, 0) is 9.59 Å². The van der Waals surface area contributed by atoms with E-state index in [-0.39, 0.29) is 18.4 Å². The van der Waals surface area contributed by atoms with E-state index in [1.165, 1.54) is 4.90 Å². The number of nitrogens with zero attached hydrogens (tertiary/aromatic N) is 1. The smallest absolute Gasteiger partial charge is 0.248 e. The molecule has 2 amide bonds. The minimum atomic E-state index is -0.593. The Morgan fingerprint density at radius 1 is 1.50 bits per heavy atom. The largest absolute Gasteiger partial charge is 0.295 e. The number of carbonyl (C=O) groups is 2. The molecular weight excluding hydrogens is 156 g/mol. The van der Waals surface area contributed by atoms with Gasteiger partial charge in [0.15, 0.2) is 0 Å². The van der Waals surface area contributed by atoms with E-state index >= 15 is 0 Å². The molecular formula is C8H14N2O2. The standard InChI is InChI=1S/C8H14N2O2/c1-4-10-6(11)5-9-8(2,3)7(10)12/h9H,4-5H2,1-3H3. The highest BCUT2D eigenvalue weighted by atomic mass is 16.2. The van der Waals surface area contributed by atoms with Crippen LogP contribution in [0.3, 0.4) is 0 Å². The second-order valence-electron chi connectivity index (χ2n) is 3.42. The van der Waals surface area contributed by atoms with Crippen molar-refractivity contribution in [3.63, 3.8) is 0 Å². The zero-order valence-electron chi connectivity index (χ0n) is 7.68. The Morgan fingerprint density at radius 3 is 2.50 bits per heavy atom. The first-order valence-corrected chi connectivity index (χ1v) is 4.09. The van der Waals surface area contributed by atoms with E-state index in [0.29, 0.717) is 6.54 Å². The normalized spacial score (nSPS) is 23.1. The first-order valence-electron chi connectivity index (χ1n) is 4.09. The monoisotopic (exact) mass is 170 g/mol. The molecule has 68 valence electrons. The van der Waals surface area contributed by atoms with Gasteiger partial charge < -0.3 is 0 Å². The van der Waals surface area contributed by atoms with Crippen LogP contribution in [0.25, 0.3) is 0 Å². The first kappa shape index (κ1) is 9.19. The lowest BCUT2D eigenvalue weighted by Crippen LogP contribution is -2.63. The van der Waals surface area contributed by atoms with Gasteiger partial charge in [0.1, 0.15) is 0 Å². The summed E-state index contributed by atoms with van der Waals surface area (Å²) in [7, 11) is 0. The summed E-state index contributed by atoms with van der Waals surface area (Å²) in [6.07, 6.45) is 0. The van der Waals surface area contributed by atoms with E-state index in [0.717, 1.165) is 0 Å². The molecule has 1 aliphatic heterocycles. The van der Waals surface area contributed by atoms with Gasteiger partial charge in [-0.05, 0) is 20.8 Å². The van der Waals surface area contributed by atoms with Gasteiger partial charge in [-0.1, -0.05) is 0 Å². The number of rotatable bonds is 1. The first-order chi connectivity index (χ1) is 5.49. The van der Waals surface area contributed by atoms with Gasteiger partial charge in [0.2, 0.25) is 11.8 Å². The van der Waals surface area contributed by atoms with Crippen molar-refractivity contribution in [2.45, 2.75) is 26.3 Å². The maximum absolute atomic E-state index is 11.5. The van der Waals surface area contributed by atoms with Crippen LogP contribution in [0.15, 0.2) is 0 Å². The number of imide groups is 1. The molecule has 12 heavy (non-hydrogen) atoms. The molecule has 0 aromatic rings. The van der Waals surface area contributed by atoms with Crippen molar-refractivity contribution in [1.29, 1.82) is 0 Å². The third kappa shape index (κ3) is 1.34. The van der Waals surface area contributed by atoms with E-state index in [1.54, 1.807) is 20.8 Å². The minimum absolute atomic E-state index is 0.137. The SMILES string of the molecule is CCN1C(=O)CNC(C)(C)C1=O. The average molecular weight is 170 g/mol. The number of hydrogen-bond donors (Lipinski definition) is 1. The van der Waals surface area contributed by atoms with E-state index in [2.05, 4.69) is 5.32 Å². The molecule has 0 radical (unpaired) electrons. The molecule has 0 aliphatic carbocycles. The highest BCUT2D eigenvalue weighted by Gasteiger charge is 2.38. The maximum Gasteiger partial charge on any atom is 0.248 e. The Hall–Kier alpha value is -0.900. The van der Waals surface area contributed by atoms with Crippen LogP contribution in [0, 0.1) is 0 Å². The summed E-state index contributed by atoms with van der Waals surface area (Å²) in [5.74, 6) is -0.275. The molecule has 0 bridgehead atoms. The van der Waals surface area contributed by atoms with Crippen LogP contribution < -0.4 is 5.32 Å². The molecule has 1 N–H and O–H groups in total. The number of piperazine rings is 1. The van der Waals surface area contributed by atoms with Gasteiger partial charge >= 0.3 is 0 Å². The van der Waals surface area contributed by atoms with Gasteiger partial charge in [-0.3, -0.25) is 19.8 Å². The molecule has 1 heterocycles. The van der Waals surface area contributed by atoms with E-state index < -0.39 is 5.54 Å². The van der Waals surface area contributed by atoms with Crippen molar-refractivity contribution < 1.29 is 9.59 Å². The Bertz CT molecular complexity index is 223. The number of amides is 2. The maximum atomic E-state index is 11.5. The molecule has 0 atom stereocenters. The van der Waals surface area contributed by atoms with E-state index in [9.17, 15) is 9.59 Å². The quantitative estimate of drug-likeness (QED) is 0.552. The Labute approximate surface area is 71.9 Å². The fourth-order valence-corrected chi connectivity index (χ4v) is 1.24. The molecule has 4 heteroatoms. The van der Waals surface area contributed by atoms with Crippen LogP contribution in [0.2, 0.25) is 0 Å². The molecule has 1 aliphatic rings. The van der Waals surface area contributed by atoms with E-state index in [4.69, 9.17) is 0 Å². The number of hydrogen-bond acceptors (Lipinski definition) is 3. The summed E-state index contributed by atoms with van der Waals surface area (Å²) in [4.78, 5) is 24.0. The summed E-state index contributed by atoms with van der Waals surface area (Å²) in [5.41, 5.74) is -0.593. The molecule has 0 aromatic carbocycles. The Morgan fingerprint density at radius 2 is 2.08 bits per heavy atom. The molecule has 1 fully saturated rings. The fraction of sp³-hybridized carbons (Fsp3) is 0.750. The van der Waals surface area contributed by atoms with Crippen molar-refractivity contribution in [3.8, 4) is 0 Å². The molecule has 0 unspecified atom stereocenters. The fourth-order valence-electron chi connectivity index (χ4n) is 1.24. The summed E-state index contributed by atoms with van der Waals surface area (Å²) < 4.78 is 0. The third-order valence-electron chi connectivity index (χ3n) is 2.08. The predicted molar refractivity (Wildman–Crippen MR) is 44.5 cm³/mol. The van der Waals surface area contributed by atoms with Crippen molar-refractivity contribution in [2.75, 3.05) is 13.1 Å². The Kier molecular flexibility index (Phi) is 2.19. The summed E-state index contributed by atoms with van der Waals surface area (Å²) >= 11 is 0. The second kappa shape index (κ2) is 2.86. The van der Waals surface area contributed by atoms with Crippen LogP contribution in [-0.4, -0.2) is 35.3 Å². The summed E-state index contributed by atoms with van der Waals surface area (Å²) in [6.45, 7) is 6.08. The van der Waals surface area contributed by atoms with Crippen LogP contribution >= 0.6 is 0 Å². The second-order valence-corrected chi connectivity index (χ2v) is 3.42. The number of likely N-dealkylation sites (N-methyl/N-ethyl adjacent to an activating group) is 1. The minimum Gasteiger partial charge on any atom is -0.295 e. The van der Waals surface area contributed by atoms with Gasteiger partial charge in [0.05, 0.1) is 12.1 Å². The van der Waals surface area contributed by atoms with Crippen LogP contribution in [0.5, 0.6) is 0 Å². The van der Waals surface area contributed by atoms with Gasteiger partial charge in [-0.2, -0.15) is 0 Å². The lowest BCUT2D eigenvalue weighted by molar-refractivity contribution is -0.152. The lowest BCUT2D eigenvalue weighted by atomic mass is 10.0. The van der Waals surface area contributed by atoms with Gasteiger partial charge in [0.25, 0.3) is 0 Å². The predicted octanol–water partition coefficient (Wildman–Crippen LogP) is -0.257. The summed E-state index contributed by atoms with van der Waals surface area (Å²) in [6, 6.07) is 0. The van der Waals surface area contributed by atoms with E-state index in [1.807, 2.05) is 0 Å². The molecule has 4 nitrogen and oxygen atoms in total. The lowest BCUT2D eigenvalue weighted by Gasteiger charge is -2.35. The van der Waals surface area contributed by atoms with Crippen molar-refractivity contribution in [1.82, 2.24) is 10.2 Å². The average Bonchev–Trinajstić information content (AvgIpc) is 2.00. The zero-order chi connectivity index (χ0) is 9.35. The molecule has 0 saturated carbocycles. The molecule has 1 rings (SSSR count). The molecule has 0 aromatic heterocycles. The Balaban J connectivity index is 2.85. The highest BCUT2D eigenvalue weighted by Crippen LogP contribution is 2.12. The van der Waals surface area contributed by atoms with Crippen molar-refractivity contribution >= 4 is 11.8 Å². The van der Waals surface area contributed by atoms with Crippen molar-refractivity contribution in [2.24, 2.45) is 0 Å². The van der Waals surface area contributed by atoms with Crippen LogP contribution in [0.4, 0.5) is 0 Å². The highest BCUT2D eigenvalue weighted by molar-refractivity contribution is 6.02. The zero-order valence-corrected chi connectivity index (χ0v) is 7.68. The number of carbonyl (C=O) groups excluding carboxylic acids is 2. The molecule has 1 saturated heterocycles. The molecule has 0 spiro atoms. The van der Waals surface area contributed by atoms with Crippen LogP contribution in [0.1, 0.15) is 20.8 Å². The topological polar surface area (TPSA) is 49.4 Å². The van der Waals surface area contributed by atoms with Crippen molar-refractivity contribution in [3.05, 3.63) is 0 Å². The van der Waals surface area contributed by atoms with Gasteiger partial charge in [-0.15, -0.1) is 0 Å². The van der Waals surface area contributed by atoms with Gasteiger partial charge in [-0.25, -0.2) is 0 Å². The third-order valence-corrected chi connectivity index (χ3v) is 2.08. The van der Waals surface area contributed by atoms with Gasteiger partial charge in [0, 0.05) is 6.54 Å². The summed E-state index contributed by atoms with van der Waals surface area (Å²) in [5, 5.41) is 2.88. The number of nitrogens with one attached hydrogen (secondary N) is 1.